The summed E-state index contributed by atoms with van der Waals surface area (Å²) in [6.45, 7) is 3.78. The maximum atomic E-state index is 5.13. The predicted molar refractivity (Wildman–Crippen MR) is 88.4 cm³/mol. The molecular formula is C16H23N3OS. The molecular weight excluding hydrogens is 282 g/mol. The van der Waals surface area contributed by atoms with Gasteiger partial charge in [0.2, 0.25) is 0 Å². The maximum absolute atomic E-state index is 5.13. The molecule has 3 rings (SSSR count). The number of aromatic nitrogens is 2. The molecule has 2 heterocycles. The number of fused-ring (bicyclic) bond motifs is 3. The van der Waals surface area contributed by atoms with Gasteiger partial charge < -0.3 is 10.1 Å². The summed E-state index contributed by atoms with van der Waals surface area (Å²) in [4.78, 5) is 12.3. The molecule has 0 bridgehead atoms. The molecule has 114 valence electrons. The Morgan fingerprint density at radius 3 is 2.90 bits per heavy atom. The zero-order valence-corrected chi connectivity index (χ0v) is 13.7. The fraction of sp³-hybridized carbons (Fsp3) is 0.625. The van der Waals surface area contributed by atoms with Crippen molar-refractivity contribution in [3.8, 4) is 0 Å². The quantitative estimate of drug-likeness (QED) is 0.829. The first-order chi connectivity index (χ1) is 10.3. The fourth-order valence-corrected chi connectivity index (χ4v) is 4.26. The number of nitrogens with zero attached hydrogens (tertiary/aromatic N) is 2. The normalized spacial score (nSPS) is 14.4. The standard InChI is InChI=1S/C16H23N3OS/c1-3-17-15-14-11-7-4-5-8-12(11)21-16(14)19-13(18-15)9-6-10-20-2/h3-10H2,1-2H3,(H,17,18,19). The first-order valence-corrected chi connectivity index (χ1v) is 8.69. The summed E-state index contributed by atoms with van der Waals surface area (Å²) in [7, 11) is 1.74. The van der Waals surface area contributed by atoms with E-state index in [9.17, 15) is 0 Å². The number of thiophene rings is 1. The van der Waals surface area contributed by atoms with Gasteiger partial charge in [0.1, 0.15) is 16.5 Å². The van der Waals surface area contributed by atoms with Crippen LogP contribution in [-0.4, -0.2) is 30.2 Å². The monoisotopic (exact) mass is 305 g/mol. The third kappa shape index (κ3) is 3.04. The third-order valence-corrected chi connectivity index (χ3v) is 5.14. The zero-order valence-electron chi connectivity index (χ0n) is 12.9. The molecule has 2 aromatic heterocycles. The average Bonchev–Trinajstić information content (AvgIpc) is 2.86. The summed E-state index contributed by atoms with van der Waals surface area (Å²) in [6, 6.07) is 0. The summed E-state index contributed by atoms with van der Waals surface area (Å²) < 4.78 is 5.13. The van der Waals surface area contributed by atoms with Gasteiger partial charge in [-0.05, 0) is 44.6 Å². The Hall–Kier alpha value is -1.20. The topological polar surface area (TPSA) is 47.0 Å². The summed E-state index contributed by atoms with van der Waals surface area (Å²) in [5.41, 5.74) is 1.50. The van der Waals surface area contributed by atoms with Crippen molar-refractivity contribution in [1.29, 1.82) is 0 Å². The molecule has 5 heteroatoms. The fourth-order valence-electron chi connectivity index (χ4n) is 2.98. The van der Waals surface area contributed by atoms with Gasteiger partial charge in [-0.15, -0.1) is 11.3 Å². The second-order valence-corrected chi connectivity index (χ2v) is 6.59. The Labute approximate surface area is 129 Å². The molecule has 1 aliphatic carbocycles. The number of aryl methyl sites for hydroxylation is 3. The number of hydrogen-bond acceptors (Lipinski definition) is 5. The van der Waals surface area contributed by atoms with Crippen molar-refractivity contribution in [2.24, 2.45) is 0 Å². The number of ether oxygens (including phenoxy) is 1. The highest BCUT2D eigenvalue weighted by Crippen LogP contribution is 2.38. The van der Waals surface area contributed by atoms with Gasteiger partial charge in [0, 0.05) is 31.6 Å². The molecule has 0 fully saturated rings. The molecule has 21 heavy (non-hydrogen) atoms. The minimum atomic E-state index is 0.763. The van der Waals surface area contributed by atoms with Crippen molar-refractivity contribution < 1.29 is 4.74 Å². The van der Waals surface area contributed by atoms with Gasteiger partial charge in [0.25, 0.3) is 0 Å². The number of nitrogens with one attached hydrogen (secondary N) is 1. The van der Waals surface area contributed by atoms with E-state index >= 15 is 0 Å². The van der Waals surface area contributed by atoms with E-state index in [4.69, 9.17) is 14.7 Å². The summed E-state index contributed by atoms with van der Waals surface area (Å²) in [6.07, 6.45) is 6.84. The maximum Gasteiger partial charge on any atom is 0.138 e. The molecule has 0 saturated carbocycles. The first-order valence-electron chi connectivity index (χ1n) is 7.87. The Kier molecular flexibility index (Phi) is 4.70. The number of rotatable bonds is 6. The molecule has 2 aromatic rings. The molecule has 0 aromatic carbocycles. The van der Waals surface area contributed by atoms with Gasteiger partial charge in [0.05, 0.1) is 5.39 Å². The minimum absolute atomic E-state index is 0.763. The van der Waals surface area contributed by atoms with Gasteiger partial charge >= 0.3 is 0 Å². The van der Waals surface area contributed by atoms with E-state index < -0.39 is 0 Å². The molecule has 1 aliphatic rings. The van der Waals surface area contributed by atoms with E-state index in [1.807, 2.05) is 11.3 Å². The second-order valence-electron chi connectivity index (χ2n) is 5.51. The van der Waals surface area contributed by atoms with Crippen molar-refractivity contribution >= 4 is 27.4 Å². The van der Waals surface area contributed by atoms with Gasteiger partial charge in [-0.25, -0.2) is 9.97 Å². The Morgan fingerprint density at radius 1 is 1.24 bits per heavy atom. The highest BCUT2D eigenvalue weighted by atomic mass is 32.1. The van der Waals surface area contributed by atoms with Gasteiger partial charge in [-0.1, -0.05) is 0 Å². The lowest BCUT2D eigenvalue weighted by atomic mass is 9.97. The summed E-state index contributed by atoms with van der Waals surface area (Å²) in [5, 5.41) is 4.73. The van der Waals surface area contributed by atoms with Crippen molar-refractivity contribution in [1.82, 2.24) is 9.97 Å². The van der Waals surface area contributed by atoms with Crippen LogP contribution < -0.4 is 5.32 Å². The molecule has 1 N–H and O–H groups in total. The van der Waals surface area contributed by atoms with Crippen LogP contribution in [0.4, 0.5) is 5.82 Å². The van der Waals surface area contributed by atoms with Crippen LogP contribution >= 0.6 is 11.3 Å². The Balaban J connectivity index is 2.00. The number of anilines is 1. The van der Waals surface area contributed by atoms with E-state index in [1.54, 1.807) is 7.11 Å². The van der Waals surface area contributed by atoms with Crippen LogP contribution in [0.1, 0.15) is 42.5 Å². The zero-order chi connectivity index (χ0) is 14.7. The van der Waals surface area contributed by atoms with Crippen LogP contribution in [0.2, 0.25) is 0 Å². The van der Waals surface area contributed by atoms with Crippen molar-refractivity contribution in [3.63, 3.8) is 0 Å². The molecule has 0 unspecified atom stereocenters. The molecule has 0 amide bonds. The van der Waals surface area contributed by atoms with Crippen LogP contribution in [0.5, 0.6) is 0 Å². The van der Waals surface area contributed by atoms with Gasteiger partial charge in [0.15, 0.2) is 0 Å². The first kappa shape index (κ1) is 14.7. The Morgan fingerprint density at radius 2 is 2.10 bits per heavy atom. The third-order valence-electron chi connectivity index (χ3n) is 3.95. The summed E-state index contributed by atoms with van der Waals surface area (Å²) in [5.74, 6) is 1.98. The van der Waals surface area contributed by atoms with Crippen LogP contribution in [0.25, 0.3) is 10.2 Å². The highest BCUT2D eigenvalue weighted by Gasteiger charge is 2.20. The van der Waals surface area contributed by atoms with Crippen LogP contribution in [0, 0.1) is 0 Å². The molecule has 0 radical (unpaired) electrons. The SMILES string of the molecule is CCNc1nc(CCCOC)nc2sc3c(c12)CCCC3. The lowest BCUT2D eigenvalue weighted by molar-refractivity contribution is 0.194. The van der Waals surface area contributed by atoms with E-state index in [0.717, 1.165) is 37.6 Å². The average molecular weight is 305 g/mol. The van der Waals surface area contributed by atoms with Crippen molar-refractivity contribution in [3.05, 3.63) is 16.3 Å². The van der Waals surface area contributed by atoms with E-state index in [0.29, 0.717) is 0 Å². The largest absolute Gasteiger partial charge is 0.385 e. The highest BCUT2D eigenvalue weighted by molar-refractivity contribution is 7.19. The lowest BCUT2D eigenvalue weighted by Crippen LogP contribution is -2.06. The summed E-state index contributed by atoms with van der Waals surface area (Å²) >= 11 is 1.87. The van der Waals surface area contributed by atoms with Crippen LogP contribution in [-0.2, 0) is 24.0 Å². The van der Waals surface area contributed by atoms with E-state index in [-0.39, 0.29) is 0 Å². The molecule has 4 nitrogen and oxygen atoms in total. The minimum Gasteiger partial charge on any atom is -0.385 e. The van der Waals surface area contributed by atoms with E-state index in [1.165, 1.54) is 46.3 Å². The van der Waals surface area contributed by atoms with Gasteiger partial charge in [-0.2, -0.15) is 0 Å². The lowest BCUT2D eigenvalue weighted by Gasteiger charge is -2.12. The number of methoxy groups -OCH3 is 1. The molecule has 0 spiro atoms. The Bertz CT molecular complexity index is 623. The van der Waals surface area contributed by atoms with Crippen LogP contribution in [0.3, 0.4) is 0 Å². The molecule has 0 atom stereocenters. The van der Waals surface area contributed by atoms with E-state index in [2.05, 4.69) is 12.2 Å². The van der Waals surface area contributed by atoms with Crippen LogP contribution in [0.15, 0.2) is 0 Å². The second kappa shape index (κ2) is 6.71. The molecule has 0 aliphatic heterocycles. The smallest absolute Gasteiger partial charge is 0.138 e. The predicted octanol–water partition coefficient (Wildman–Crippen LogP) is 3.58. The van der Waals surface area contributed by atoms with Crippen molar-refractivity contribution in [2.45, 2.75) is 45.4 Å². The molecule has 0 saturated heterocycles. The van der Waals surface area contributed by atoms with Gasteiger partial charge in [-0.3, -0.25) is 0 Å². The number of hydrogen-bond donors (Lipinski definition) is 1. The van der Waals surface area contributed by atoms with Crippen molar-refractivity contribution in [2.75, 3.05) is 25.6 Å².